The number of thioether (sulfide) groups is 1. The normalized spacial score (nSPS) is 10.5. The number of rotatable bonds is 6. The molecule has 0 saturated heterocycles. The van der Waals surface area contributed by atoms with Crippen LogP contribution in [0.4, 0.5) is 0 Å². The van der Waals surface area contributed by atoms with Crippen molar-refractivity contribution in [1.82, 2.24) is 0 Å². The zero-order valence-corrected chi connectivity index (χ0v) is 12.4. The third-order valence-corrected chi connectivity index (χ3v) is 3.18. The zero-order valence-electron chi connectivity index (χ0n) is 11.6. The maximum atomic E-state index is 10.8. The Balaban J connectivity index is 2.95. The highest BCUT2D eigenvalue weighted by Crippen LogP contribution is 2.35. The minimum atomic E-state index is 0.101. The minimum absolute atomic E-state index is 0.101. The van der Waals surface area contributed by atoms with Gasteiger partial charge in [0.2, 0.25) is 0 Å². The number of carbonyl (C=O) groups is 1. The summed E-state index contributed by atoms with van der Waals surface area (Å²) in [5.74, 6) is 2.59. The van der Waals surface area contributed by atoms with Gasteiger partial charge in [-0.3, -0.25) is 4.79 Å². The summed E-state index contributed by atoms with van der Waals surface area (Å²) in [6.07, 6.45) is 3.81. The molecular formula is C14H18O4S. The number of benzene rings is 1. The van der Waals surface area contributed by atoms with Gasteiger partial charge in [-0.2, -0.15) is 0 Å². The van der Waals surface area contributed by atoms with E-state index in [0.717, 1.165) is 5.56 Å². The molecule has 0 aromatic heterocycles. The lowest BCUT2D eigenvalue weighted by molar-refractivity contribution is -0.109. The number of methoxy groups -OCH3 is 3. The van der Waals surface area contributed by atoms with Gasteiger partial charge >= 0.3 is 0 Å². The maximum absolute atomic E-state index is 10.8. The Morgan fingerprint density at radius 1 is 1.11 bits per heavy atom. The molecule has 0 aliphatic carbocycles. The van der Waals surface area contributed by atoms with E-state index in [2.05, 4.69) is 0 Å². The fraction of sp³-hybridized carbons (Fsp3) is 0.357. The molecule has 19 heavy (non-hydrogen) atoms. The topological polar surface area (TPSA) is 44.8 Å². The predicted octanol–water partition coefficient (Wildman–Crippen LogP) is 3.01. The van der Waals surface area contributed by atoms with Crippen LogP contribution in [-0.2, 0) is 4.79 Å². The molecular weight excluding hydrogens is 264 g/mol. The quantitative estimate of drug-likeness (QED) is 0.802. The van der Waals surface area contributed by atoms with Gasteiger partial charge in [0.05, 0.1) is 21.3 Å². The molecule has 1 rings (SSSR count). The summed E-state index contributed by atoms with van der Waals surface area (Å²) in [5.41, 5.74) is 0.879. The van der Waals surface area contributed by atoms with Crippen LogP contribution in [0.1, 0.15) is 12.5 Å². The van der Waals surface area contributed by atoms with Crippen LogP contribution >= 0.6 is 11.8 Å². The first-order valence-corrected chi connectivity index (χ1v) is 6.70. The van der Waals surface area contributed by atoms with Crippen molar-refractivity contribution in [3.63, 3.8) is 0 Å². The Morgan fingerprint density at radius 2 is 1.68 bits per heavy atom. The molecule has 0 aliphatic rings. The van der Waals surface area contributed by atoms with Crippen molar-refractivity contribution in [2.75, 3.05) is 27.1 Å². The number of hydrogen-bond acceptors (Lipinski definition) is 5. The van der Waals surface area contributed by atoms with Gasteiger partial charge in [0.25, 0.3) is 0 Å². The predicted molar refractivity (Wildman–Crippen MR) is 78.3 cm³/mol. The highest BCUT2D eigenvalue weighted by atomic mass is 32.2. The van der Waals surface area contributed by atoms with Crippen molar-refractivity contribution >= 4 is 23.0 Å². The molecule has 5 heteroatoms. The SMILES string of the molecule is COc1cc(OC)c(OC)cc1C=CCSC(C)=O. The maximum Gasteiger partial charge on any atom is 0.186 e. The fourth-order valence-electron chi connectivity index (χ4n) is 1.52. The second-order valence-electron chi connectivity index (χ2n) is 3.65. The van der Waals surface area contributed by atoms with E-state index in [0.29, 0.717) is 23.0 Å². The van der Waals surface area contributed by atoms with Crippen molar-refractivity contribution in [1.29, 1.82) is 0 Å². The Bertz CT molecular complexity index is 469. The monoisotopic (exact) mass is 282 g/mol. The Hall–Kier alpha value is -1.62. The van der Waals surface area contributed by atoms with E-state index >= 15 is 0 Å². The van der Waals surface area contributed by atoms with E-state index in [1.807, 2.05) is 18.2 Å². The van der Waals surface area contributed by atoms with Gasteiger partial charge in [-0.25, -0.2) is 0 Å². The molecule has 0 aliphatic heterocycles. The average molecular weight is 282 g/mol. The van der Waals surface area contributed by atoms with Crippen molar-refractivity contribution in [3.8, 4) is 17.2 Å². The second kappa shape index (κ2) is 7.74. The molecule has 1 aromatic carbocycles. The molecule has 0 unspecified atom stereocenters. The fourth-order valence-corrected chi connectivity index (χ4v) is 1.95. The summed E-state index contributed by atoms with van der Waals surface area (Å²) in [7, 11) is 4.77. The van der Waals surface area contributed by atoms with E-state index in [-0.39, 0.29) is 5.12 Å². The Kier molecular flexibility index (Phi) is 6.29. The van der Waals surface area contributed by atoms with Crippen LogP contribution in [0.5, 0.6) is 17.2 Å². The summed E-state index contributed by atoms with van der Waals surface area (Å²) in [6, 6.07) is 3.61. The number of carbonyl (C=O) groups excluding carboxylic acids is 1. The third-order valence-electron chi connectivity index (χ3n) is 2.42. The minimum Gasteiger partial charge on any atom is -0.496 e. The molecule has 0 atom stereocenters. The lowest BCUT2D eigenvalue weighted by Gasteiger charge is -2.12. The van der Waals surface area contributed by atoms with Crippen LogP contribution in [0.25, 0.3) is 6.08 Å². The summed E-state index contributed by atoms with van der Waals surface area (Å²) in [4.78, 5) is 10.8. The first kappa shape index (κ1) is 15.4. The third kappa shape index (κ3) is 4.52. The van der Waals surface area contributed by atoms with Gasteiger partial charge in [-0.1, -0.05) is 23.9 Å². The van der Waals surface area contributed by atoms with Gasteiger partial charge in [0, 0.05) is 24.3 Å². The molecule has 0 bridgehead atoms. The molecule has 0 fully saturated rings. The van der Waals surface area contributed by atoms with Gasteiger partial charge in [0.15, 0.2) is 16.6 Å². The molecule has 104 valence electrons. The average Bonchev–Trinajstić information content (AvgIpc) is 2.42. The smallest absolute Gasteiger partial charge is 0.186 e. The van der Waals surface area contributed by atoms with E-state index in [1.54, 1.807) is 34.3 Å². The molecule has 0 saturated carbocycles. The van der Waals surface area contributed by atoms with Gasteiger partial charge in [-0.15, -0.1) is 0 Å². The van der Waals surface area contributed by atoms with Gasteiger partial charge < -0.3 is 14.2 Å². The summed E-state index contributed by atoms with van der Waals surface area (Å²) >= 11 is 1.26. The van der Waals surface area contributed by atoms with Crippen LogP contribution in [0.2, 0.25) is 0 Å². The number of ether oxygens (including phenoxy) is 3. The molecule has 4 nitrogen and oxygen atoms in total. The van der Waals surface area contributed by atoms with E-state index in [1.165, 1.54) is 11.8 Å². The van der Waals surface area contributed by atoms with E-state index in [9.17, 15) is 4.79 Å². The molecule has 0 N–H and O–H groups in total. The first-order chi connectivity index (χ1) is 9.12. The lowest BCUT2D eigenvalue weighted by atomic mass is 10.1. The first-order valence-electron chi connectivity index (χ1n) is 5.72. The summed E-state index contributed by atoms with van der Waals surface area (Å²) < 4.78 is 15.8. The Morgan fingerprint density at radius 3 is 2.21 bits per heavy atom. The van der Waals surface area contributed by atoms with E-state index in [4.69, 9.17) is 14.2 Å². The zero-order chi connectivity index (χ0) is 14.3. The van der Waals surface area contributed by atoms with Crippen molar-refractivity contribution in [3.05, 3.63) is 23.8 Å². The largest absolute Gasteiger partial charge is 0.496 e. The van der Waals surface area contributed by atoms with E-state index < -0.39 is 0 Å². The molecule has 0 heterocycles. The molecule has 0 radical (unpaired) electrons. The highest BCUT2D eigenvalue weighted by molar-refractivity contribution is 8.13. The van der Waals surface area contributed by atoms with Crippen LogP contribution in [0, 0.1) is 0 Å². The molecule has 1 aromatic rings. The van der Waals surface area contributed by atoms with Gasteiger partial charge in [-0.05, 0) is 6.07 Å². The van der Waals surface area contributed by atoms with Crippen molar-refractivity contribution < 1.29 is 19.0 Å². The molecule has 0 spiro atoms. The summed E-state index contributed by atoms with van der Waals surface area (Å²) in [6.45, 7) is 1.55. The lowest BCUT2D eigenvalue weighted by Crippen LogP contribution is -1.94. The summed E-state index contributed by atoms with van der Waals surface area (Å²) in [5, 5.41) is 0.101. The number of hydrogen-bond donors (Lipinski definition) is 0. The standard InChI is InChI=1S/C14H18O4S/c1-10(15)19-7-5-6-11-8-13(17-3)14(18-4)9-12(11)16-2/h5-6,8-9H,7H2,1-4H3. The highest BCUT2D eigenvalue weighted by Gasteiger charge is 2.09. The molecule has 0 amide bonds. The Labute approximate surface area is 117 Å². The second-order valence-corrected chi connectivity index (χ2v) is 4.85. The van der Waals surface area contributed by atoms with Crippen LogP contribution in [0.15, 0.2) is 18.2 Å². The van der Waals surface area contributed by atoms with Crippen LogP contribution in [-0.4, -0.2) is 32.2 Å². The van der Waals surface area contributed by atoms with Crippen LogP contribution < -0.4 is 14.2 Å². The van der Waals surface area contributed by atoms with Crippen molar-refractivity contribution in [2.24, 2.45) is 0 Å². The van der Waals surface area contributed by atoms with Crippen LogP contribution in [0.3, 0.4) is 0 Å². The van der Waals surface area contributed by atoms with Gasteiger partial charge in [0.1, 0.15) is 5.75 Å². The van der Waals surface area contributed by atoms with Crippen molar-refractivity contribution in [2.45, 2.75) is 6.92 Å².